The minimum Gasteiger partial charge on any atom is -0.478 e. The van der Waals surface area contributed by atoms with Gasteiger partial charge in [-0.1, -0.05) is 0 Å². The van der Waals surface area contributed by atoms with Crippen molar-refractivity contribution in [2.24, 2.45) is 0 Å². The van der Waals surface area contributed by atoms with Crippen molar-refractivity contribution in [3.63, 3.8) is 0 Å². The van der Waals surface area contributed by atoms with Gasteiger partial charge in [0.1, 0.15) is 6.33 Å². The Morgan fingerprint density at radius 3 is 2.53 bits per heavy atom. The number of carboxylic acid groups (broad SMARTS) is 1. The van der Waals surface area contributed by atoms with E-state index in [9.17, 15) is 18.0 Å². The fourth-order valence-corrected chi connectivity index (χ4v) is 1.42. The van der Waals surface area contributed by atoms with Gasteiger partial charge in [-0.2, -0.15) is 13.2 Å². The van der Waals surface area contributed by atoms with Crippen LogP contribution in [0.25, 0.3) is 10.9 Å². The normalized spacial score (nSPS) is 11.7. The van der Waals surface area contributed by atoms with Crippen molar-refractivity contribution in [3.8, 4) is 0 Å². The molecule has 1 N–H and O–H groups in total. The average Bonchev–Trinajstić information content (AvgIpc) is 2.26. The first-order valence-corrected chi connectivity index (χ1v) is 4.45. The molecule has 0 aliphatic carbocycles. The summed E-state index contributed by atoms with van der Waals surface area (Å²) in [5.74, 6) is -1.22. The van der Waals surface area contributed by atoms with Crippen molar-refractivity contribution < 1.29 is 23.1 Å². The number of nitrogens with zero attached hydrogens (tertiary/aromatic N) is 2. The minimum absolute atomic E-state index is 0.0489. The molecule has 0 bridgehead atoms. The number of hydrogen-bond acceptors (Lipinski definition) is 3. The Kier molecular flexibility index (Phi) is 2.45. The second kappa shape index (κ2) is 3.69. The molecule has 0 aliphatic rings. The SMILES string of the molecule is O=C(O)c1ccc2c(C(F)(F)F)ncnc2c1. The fourth-order valence-electron chi connectivity index (χ4n) is 1.42. The molecule has 17 heavy (non-hydrogen) atoms. The zero-order valence-corrected chi connectivity index (χ0v) is 8.19. The topological polar surface area (TPSA) is 63.1 Å². The van der Waals surface area contributed by atoms with Crippen LogP contribution in [0.3, 0.4) is 0 Å². The number of rotatable bonds is 1. The molecule has 1 aromatic carbocycles. The third kappa shape index (κ3) is 2.03. The minimum atomic E-state index is -4.59. The van der Waals surface area contributed by atoms with Gasteiger partial charge in [0.05, 0.1) is 11.1 Å². The Bertz CT molecular complexity index is 596. The average molecular weight is 242 g/mol. The molecule has 88 valence electrons. The van der Waals surface area contributed by atoms with Crippen LogP contribution in [0.1, 0.15) is 16.1 Å². The summed E-state index contributed by atoms with van der Waals surface area (Å²) in [4.78, 5) is 17.5. The number of hydrogen-bond donors (Lipinski definition) is 1. The molecule has 2 rings (SSSR count). The highest BCUT2D eigenvalue weighted by molar-refractivity contribution is 5.93. The second-order valence-electron chi connectivity index (χ2n) is 3.26. The molecule has 0 fully saturated rings. The molecule has 0 amide bonds. The van der Waals surface area contributed by atoms with Crippen molar-refractivity contribution in [2.75, 3.05) is 0 Å². The lowest BCUT2D eigenvalue weighted by atomic mass is 10.1. The van der Waals surface area contributed by atoms with Crippen molar-refractivity contribution in [1.29, 1.82) is 0 Å². The number of carbonyl (C=O) groups is 1. The summed E-state index contributed by atoms with van der Waals surface area (Å²) in [6, 6.07) is 3.22. The maximum atomic E-state index is 12.6. The van der Waals surface area contributed by atoms with Gasteiger partial charge in [0.15, 0.2) is 5.69 Å². The lowest BCUT2D eigenvalue weighted by molar-refractivity contribution is -0.139. The molecule has 4 nitrogen and oxygen atoms in total. The van der Waals surface area contributed by atoms with E-state index >= 15 is 0 Å². The third-order valence-corrected chi connectivity index (χ3v) is 2.15. The van der Waals surface area contributed by atoms with E-state index in [1.807, 2.05) is 0 Å². The Morgan fingerprint density at radius 1 is 1.24 bits per heavy atom. The lowest BCUT2D eigenvalue weighted by Gasteiger charge is -2.08. The highest BCUT2D eigenvalue weighted by Crippen LogP contribution is 2.32. The second-order valence-corrected chi connectivity index (χ2v) is 3.26. The van der Waals surface area contributed by atoms with Crippen LogP contribution in [0.2, 0.25) is 0 Å². The van der Waals surface area contributed by atoms with E-state index in [-0.39, 0.29) is 16.5 Å². The number of carboxylic acids is 1. The van der Waals surface area contributed by atoms with E-state index in [0.29, 0.717) is 0 Å². The van der Waals surface area contributed by atoms with Crippen LogP contribution in [-0.2, 0) is 6.18 Å². The number of alkyl halides is 3. The van der Waals surface area contributed by atoms with Gasteiger partial charge >= 0.3 is 12.1 Å². The summed E-state index contributed by atoms with van der Waals surface area (Å²) in [5.41, 5.74) is -1.24. The predicted molar refractivity (Wildman–Crippen MR) is 51.5 cm³/mol. The van der Waals surface area contributed by atoms with Crippen LogP contribution < -0.4 is 0 Å². The van der Waals surface area contributed by atoms with Crippen LogP contribution in [0.5, 0.6) is 0 Å². The van der Waals surface area contributed by atoms with Gasteiger partial charge in [-0.15, -0.1) is 0 Å². The van der Waals surface area contributed by atoms with E-state index in [2.05, 4.69) is 9.97 Å². The van der Waals surface area contributed by atoms with Crippen LogP contribution in [-0.4, -0.2) is 21.0 Å². The first kappa shape index (κ1) is 11.3. The maximum absolute atomic E-state index is 12.6. The largest absolute Gasteiger partial charge is 0.478 e. The monoisotopic (exact) mass is 242 g/mol. The molecule has 0 atom stereocenters. The summed E-state index contributed by atoms with van der Waals surface area (Å²) >= 11 is 0. The molecule has 1 aromatic heterocycles. The smallest absolute Gasteiger partial charge is 0.434 e. The molecule has 1 heterocycles. The zero-order chi connectivity index (χ0) is 12.6. The van der Waals surface area contributed by atoms with Crippen LogP contribution in [0.4, 0.5) is 13.2 Å². The van der Waals surface area contributed by atoms with Crippen molar-refractivity contribution in [3.05, 3.63) is 35.8 Å². The number of benzene rings is 1. The van der Waals surface area contributed by atoms with Crippen molar-refractivity contribution in [2.45, 2.75) is 6.18 Å². The van der Waals surface area contributed by atoms with Crippen molar-refractivity contribution >= 4 is 16.9 Å². The molecule has 0 aliphatic heterocycles. The highest BCUT2D eigenvalue weighted by atomic mass is 19.4. The van der Waals surface area contributed by atoms with Gasteiger partial charge in [0, 0.05) is 5.39 Å². The Balaban J connectivity index is 2.72. The molecule has 0 saturated carbocycles. The molecular weight excluding hydrogens is 237 g/mol. The van der Waals surface area contributed by atoms with Crippen LogP contribution >= 0.6 is 0 Å². The van der Waals surface area contributed by atoms with E-state index in [1.165, 1.54) is 0 Å². The van der Waals surface area contributed by atoms with Gasteiger partial charge in [-0.25, -0.2) is 14.8 Å². The Morgan fingerprint density at radius 2 is 1.94 bits per heavy atom. The molecule has 0 spiro atoms. The van der Waals surface area contributed by atoms with Gasteiger partial charge in [-0.3, -0.25) is 0 Å². The predicted octanol–water partition coefficient (Wildman–Crippen LogP) is 2.35. The summed E-state index contributed by atoms with van der Waals surface area (Å²) < 4.78 is 37.7. The Labute approximate surface area is 92.7 Å². The quantitative estimate of drug-likeness (QED) is 0.833. The first-order valence-electron chi connectivity index (χ1n) is 4.45. The van der Waals surface area contributed by atoms with E-state index < -0.39 is 17.8 Å². The summed E-state index contributed by atoms with van der Waals surface area (Å²) in [6.07, 6.45) is -3.83. The van der Waals surface area contributed by atoms with Crippen LogP contribution in [0.15, 0.2) is 24.5 Å². The number of fused-ring (bicyclic) bond motifs is 1. The number of halogens is 3. The molecule has 0 radical (unpaired) electrons. The Hall–Kier alpha value is -2.18. The van der Waals surface area contributed by atoms with Gasteiger partial charge < -0.3 is 5.11 Å². The maximum Gasteiger partial charge on any atom is 0.434 e. The third-order valence-electron chi connectivity index (χ3n) is 2.15. The standard InChI is InChI=1S/C10H5F3N2O2/c11-10(12,13)8-6-2-1-5(9(16)17)3-7(6)14-4-15-8/h1-4H,(H,16,17). The van der Waals surface area contributed by atoms with Gasteiger partial charge in [0.25, 0.3) is 0 Å². The van der Waals surface area contributed by atoms with Crippen LogP contribution in [0, 0.1) is 0 Å². The van der Waals surface area contributed by atoms with E-state index in [0.717, 1.165) is 24.5 Å². The molecule has 0 unspecified atom stereocenters. The molecule has 0 saturated heterocycles. The van der Waals surface area contributed by atoms with Gasteiger partial charge in [0.2, 0.25) is 0 Å². The highest BCUT2D eigenvalue weighted by Gasteiger charge is 2.34. The molecule has 7 heteroatoms. The van der Waals surface area contributed by atoms with E-state index in [4.69, 9.17) is 5.11 Å². The lowest BCUT2D eigenvalue weighted by Crippen LogP contribution is -2.09. The summed E-state index contributed by atoms with van der Waals surface area (Å²) in [5, 5.41) is 8.49. The first-order chi connectivity index (χ1) is 7.89. The summed E-state index contributed by atoms with van der Waals surface area (Å²) in [7, 11) is 0. The molecular formula is C10H5F3N2O2. The summed E-state index contributed by atoms with van der Waals surface area (Å²) in [6.45, 7) is 0. The number of aromatic carboxylic acids is 1. The zero-order valence-electron chi connectivity index (χ0n) is 8.19. The van der Waals surface area contributed by atoms with Crippen molar-refractivity contribution in [1.82, 2.24) is 9.97 Å². The number of aromatic nitrogens is 2. The van der Waals surface area contributed by atoms with Gasteiger partial charge in [-0.05, 0) is 18.2 Å². The van der Waals surface area contributed by atoms with E-state index in [1.54, 1.807) is 0 Å². The molecule has 2 aromatic rings. The fraction of sp³-hybridized carbons (Fsp3) is 0.100.